The van der Waals surface area contributed by atoms with E-state index in [1.165, 1.54) is 6.07 Å². The Labute approximate surface area is 92.3 Å². The van der Waals surface area contributed by atoms with Crippen LogP contribution in [0.25, 0.3) is 0 Å². The monoisotopic (exact) mass is 226 g/mol. The summed E-state index contributed by atoms with van der Waals surface area (Å²) >= 11 is 5.83. The fourth-order valence-electron chi connectivity index (χ4n) is 1.91. The molecule has 0 heterocycles. The molecule has 4 heteroatoms. The highest BCUT2D eigenvalue weighted by Gasteiger charge is 2.47. The molecule has 0 aromatic heterocycles. The van der Waals surface area contributed by atoms with Crippen molar-refractivity contribution in [1.29, 1.82) is 0 Å². The van der Waals surface area contributed by atoms with E-state index in [0.29, 0.717) is 10.6 Å². The summed E-state index contributed by atoms with van der Waals surface area (Å²) in [6.45, 7) is 0. The van der Waals surface area contributed by atoms with Gasteiger partial charge in [-0.3, -0.25) is 4.79 Å². The molecular weight excluding hydrogens is 216 g/mol. The molecule has 1 fully saturated rings. The minimum Gasteiger partial charge on any atom is -0.508 e. The van der Waals surface area contributed by atoms with E-state index in [0.717, 1.165) is 12.8 Å². The van der Waals surface area contributed by atoms with Gasteiger partial charge in [-0.1, -0.05) is 11.6 Å². The number of phenolic OH excluding ortho intramolecular Hbond substituents is 1. The molecule has 0 amide bonds. The van der Waals surface area contributed by atoms with Crippen LogP contribution in [0.4, 0.5) is 0 Å². The number of aromatic hydroxyl groups is 1. The number of hydrogen-bond donors (Lipinski definition) is 2. The SMILES string of the molecule is O=C(O)CC1(c2cc(Cl)ccc2O)CC1. The van der Waals surface area contributed by atoms with Crippen molar-refractivity contribution in [2.75, 3.05) is 0 Å². The minimum atomic E-state index is -0.841. The van der Waals surface area contributed by atoms with Crippen LogP contribution in [0, 0.1) is 0 Å². The van der Waals surface area contributed by atoms with Crippen molar-refractivity contribution in [3.63, 3.8) is 0 Å². The highest BCUT2D eigenvalue weighted by atomic mass is 35.5. The molecule has 1 aliphatic carbocycles. The Balaban J connectivity index is 2.36. The smallest absolute Gasteiger partial charge is 0.304 e. The molecular formula is C11H11ClO3. The van der Waals surface area contributed by atoms with Crippen LogP contribution in [-0.4, -0.2) is 16.2 Å². The maximum atomic E-state index is 10.7. The molecule has 0 atom stereocenters. The van der Waals surface area contributed by atoms with Gasteiger partial charge < -0.3 is 10.2 Å². The Morgan fingerprint density at radius 3 is 2.67 bits per heavy atom. The van der Waals surface area contributed by atoms with E-state index in [4.69, 9.17) is 16.7 Å². The Bertz CT molecular complexity index is 410. The molecule has 0 bridgehead atoms. The molecule has 1 aliphatic rings. The first kappa shape index (κ1) is 10.3. The molecule has 1 saturated carbocycles. The lowest BCUT2D eigenvalue weighted by atomic mass is 9.92. The standard InChI is InChI=1S/C11H11ClO3/c12-7-1-2-9(13)8(5-7)11(3-4-11)6-10(14)15/h1-2,5,13H,3-4,6H2,(H,14,15). The van der Waals surface area contributed by atoms with Gasteiger partial charge in [0.15, 0.2) is 0 Å². The van der Waals surface area contributed by atoms with Crippen LogP contribution in [0.1, 0.15) is 24.8 Å². The summed E-state index contributed by atoms with van der Waals surface area (Å²) in [4.78, 5) is 10.7. The van der Waals surface area contributed by atoms with E-state index < -0.39 is 5.97 Å². The van der Waals surface area contributed by atoms with E-state index in [9.17, 15) is 9.90 Å². The number of phenols is 1. The maximum Gasteiger partial charge on any atom is 0.304 e. The van der Waals surface area contributed by atoms with Gasteiger partial charge >= 0.3 is 5.97 Å². The number of halogens is 1. The fraction of sp³-hybridized carbons (Fsp3) is 0.364. The third-order valence-electron chi connectivity index (χ3n) is 2.87. The number of benzene rings is 1. The second-order valence-electron chi connectivity index (χ2n) is 4.01. The molecule has 0 saturated heterocycles. The molecule has 0 unspecified atom stereocenters. The Morgan fingerprint density at radius 1 is 1.47 bits per heavy atom. The number of carbonyl (C=O) groups is 1. The lowest BCUT2D eigenvalue weighted by molar-refractivity contribution is -0.137. The van der Waals surface area contributed by atoms with Crippen LogP contribution in [0.15, 0.2) is 18.2 Å². The average molecular weight is 227 g/mol. The molecule has 0 spiro atoms. The van der Waals surface area contributed by atoms with Gasteiger partial charge in [0.1, 0.15) is 5.75 Å². The van der Waals surface area contributed by atoms with Crippen LogP contribution in [0.2, 0.25) is 5.02 Å². The summed E-state index contributed by atoms with van der Waals surface area (Å²) in [5.74, 6) is -0.704. The molecule has 2 rings (SSSR count). The summed E-state index contributed by atoms with van der Waals surface area (Å²) in [5.41, 5.74) is 0.276. The van der Waals surface area contributed by atoms with Crippen LogP contribution in [0.3, 0.4) is 0 Å². The predicted molar refractivity (Wildman–Crippen MR) is 56.3 cm³/mol. The van der Waals surface area contributed by atoms with Gasteiger partial charge in [-0.15, -0.1) is 0 Å². The Morgan fingerprint density at radius 2 is 2.13 bits per heavy atom. The number of hydrogen-bond acceptors (Lipinski definition) is 2. The van der Waals surface area contributed by atoms with Crippen LogP contribution in [-0.2, 0) is 10.2 Å². The average Bonchev–Trinajstić information content (AvgIpc) is 2.89. The fourth-order valence-corrected chi connectivity index (χ4v) is 2.09. The normalized spacial score (nSPS) is 17.4. The van der Waals surface area contributed by atoms with Crippen molar-refractivity contribution in [3.8, 4) is 5.75 Å². The van der Waals surface area contributed by atoms with E-state index in [-0.39, 0.29) is 17.6 Å². The number of aliphatic carboxylic acids is 1. The van der Waals surface area contributed by atoms with Gasteiger partial charge in [0.25, 0.3) is 0 Å². The van der Waals surface area contributed by atoms with Crippen molar-refractivity contribution >= 4 is 17.6 Å². The van der Waals surface area contributed by atoms with Crippen molar-refractivity contribution in [2.45, 2.75) is 24.7 Å². The zero-order chi connectivity index (χ0) is 11.1. The van der Waals surface area contributed by atoms with Crippen molar-refractivity contribution < 1.29 is 15.0 Å². The van der Waals surface area contributed by atoms with Crippen LogP contribution in [0.5, 0.6) is 5.75 Å². The first-order valence-electron chi connectivity index (χ1n) is 4.74. The highest BCUT2D eigenvalue weighted by Crippen LogP contribution is 2.54. The summed E-state index contributed by atoms with van der Waals surface area (Å²) in [6, 6.07) is 4.77. The Kier molecular flexibility index (Phi) is 2.35. The molecule has 1 aromatic rings. The summed E-state index contributed by atoms with van der Waals surface area (Å²) in [6.07, 6.45) is 1.65. The van der Waals surface area contributed by atoms with Gasteiger partial charge in [-0.2, -0.15) is 0 Å². The largest absolute Gasteiger partial charge is 0.508 e. The number of carboxylic acid groups (broad SMARTS) is 1. The third kappa shape index (κ3) is 1.92. The van der Waals surface area contributed by atoms with E-state index in [1.54, 1.807) is 12.1 Å². The van der Waals surface area contributed by atoms with Gasteiger partial charge in [0.05, 0.1) is 6.42 Å². The minimum absolute atomic E-state index is 0.0565. The highest BCUT2D eigenvalue weighted by molar-refractivity contribution is 6.30. The topological polar surface area (TPSA) is 57.5 Å². The maximum absolute atomic E-state index is 10.7. The van der Waals surface area contributed by atoms with Crippen molar-refractivity contribution in [1.82, 2.24) is 0 Å². The summed E-state index contributed by atoms with van der Waals surface area (Å²) < 4.78 is 0. The van der Waals surface area contributed by atoms with Crippen LogP contribution < -0.4 is 0 Å². The molecule has 1 aromatic carbocycles. The summed E-state index contributed by atoms with van der Waals surface area (Å²) in [5, 5.41) is 19.0. The molecule has 3 nitrogen and oxygen atoms in total. The second kappa shape index (κ2) is 3.42. The zero-order valence-electron chi connectivity index (χ0n) is 8.03. The first-order chi connectivity index (χ1) is 7.03. The quantitative estimate of drug-likeness (QED) is 0.833. The van der Waals surface area contributed by atoms with Crippen LogP contribution >= 0.6 is 11.6 Å². The lowest BCUT2D eigenvalue weighted by Gasteiger charge is -2.14. The predicted octanol–water partition coefficient (Wildman–Crippen LogP) is 2.55. The zero-order valence-corrected chi connectivity index (χ0v) is 8.79. The molecule has 2 N–H and O–H groups in total. The second-order valence-corrected chi connectivity index (χ2v) is 4.45. The first-order valence-corrected chi connectivity index (χ1v) is 5.12. The van der Waals surface area contributed by atoms with Crippen molar-refractivity contribution in [3.05, 3.63) is 28.8 Å². The molecule has 0 aliphatic heterocycles. The molecule has 15 heavy (non-hydrogen) atoms. The number of carboxylic acids is 1. The van der Waals surface area contributed by atoms with Crippen molar-refractivity contribution in [2.24, 2.45) is 0 Å². The third-order valence-corrected chi connectivity index (χ3v) is 3.11. The molecule has 0 radical (unpaired) electrons. The number of rotatable bonds is 3. The van der Waals surface area contributed by atoms with E-state index >= 15 is 0 Å². The van der Waals surface area contributed by atoms with Gasteiger partial charge in [0.2, 0.25) is 0 Å². The van der Waals surface area contributed by atoms with E-state index in [2.05, 4.69) is 0 Å². The van der Waals surface area contributed by atoms with E-state index in [1.807, 2.05) is 0 Å². The lowest BCUT2D eigenvalue weighted by Crippen LogP contribution is -2.13. The summed E-state index contributed by atoms with van der Waals surface area (Å²) in [7, 11) is 0. The Hall–Kier alpha value is -1.22. The van der Waals surface area contributed by atoms with Gasteiger partial charge in [0, 0.05) is 16.0 Å². The van der Waals surface area contributed by atoms with Gasteiger partial charge in [-0.05, 0) is 31.0 Å². The van der Waals surface area contributed by atoms with Gasteiger partial charge in [-0.25, -0.2) is 0 Å². The molecule has 80 valence electrons.